The van der Waals surface area contributed by atoms with Crippen LogP contribution in [0.4, 0.5) is 11.4 Å². The number of phenols is 1. The number of halogens is 3. The Balaban J connectivity index is 0.000000291. The Bertz CT molecular complexity index is 940. The van der Waals surface area contributed by atoms with Gasteiger partial charge in [0.15, 0.2) is 17.1 Å². The van der Waals surface area contributed by atoms with Crippen LogP contribution in [0.2, 0.25) is 0 Å². The first-order chi connectivity index (χ1) is 13.3. The highest BCUT2D eigenvalue weighted by molar-refractivity contribution is 9.11. The highest BCUT2D eigenvalue weighted by Gasteiger charge is 2.36. The number of benzene rings is 2. The molecule has 0 saturated heterocycles. The summed E-state index contributed by atoms with van der Waals surface area (Å²) in [5.41, 5.74) is 0.294. The summed E-state index contributed by atoms with van der Waals surface area (Å²) in [7, 11) is 0. The molecule has 0 unspecified atom stereocenters. The molecule has 2 amide bonds. The van der Waals surface area contributed by atoms with Crippen LogP contribution in [0, 0.1) is 0 Å². The number of aromatic hydroxyl groups is 1. The predicted octanol–water partition coefficient (Wildman–Crippen LogP) is 6.46. The molecular formula is C21H25Br3N2O4. The van der Waals surface area contributed by atoms with Gasteiger partial charge in [0.25, 0.3) is 5.91 Å². The van der Waals surface area contributed by atoms with Gasteiger partial charge in [-0.2, -0.15) is 0 Å². The lowest BCUT2D eigenvalue weighted by Gasteiger charge is -2.32. The van der Waals surface area contributed by atoms with Crippen molar-refractivity contribution in [1.29, 1.82) is 0 Å². The number of alkyl halides is 1. The average Bonchev–Trinajstić information content (AvgIpc) is 2.61. The van der Waals surface area contributed by atoms with E-state index in [2.05, 4.69) is 58.4 Å². The molecule has 1 heterocycles. The molecule has 0 radical (unpaired) electrons. The van der Waals surface area contributed by atoms with E-state index in [1.54, 1.807) is 45.9 Å². The third-order valence-corrected chi connectivity index (χ3v) is 5.52. The average molecular weight is 609 g/mol. The summed E-state index contributed by atoms with van der Waals surface area (Å²) in [5.74, 6) is 0.388. The number of anilines is 2. The van der Waals surface area contributed by atoms with Crippen LogP contribution < -0.4 is 15.4 Å². The fraction of sp³-hybridized carbons (Fsp3) is 0.333. The summed E-state index contributed by atoms with van der Waals surface area (Å²) < 4.78 is 6.34. The summed E-state index contributed by atoms with van der Waals surface area (Å²) in [5, 5.41) is 15.1. The maximum Gasteiger partial charge on any atom is 0.268 e. The largest absolute Gasteiger partial charge is 0.505 e. The molecule has 2 aromatic rings. The molecule has 0 bridgehead atoms. The number of fused-ring (bicyclic) bond motifs is 1. The van der Waals surface area contributed by atoms with E-state index in [4.69, 9.17) is 4.74 Å². The number of phenolic OH excluding ortho intramolecular Hbond substituents is 1. The van der Waals surface area contributed by atoms with E-state index in [0.717, 1.165) is 4.47 Å². The van der Waals surface area contributed by atoms with Gasteiger partial charge in [-0.3, -0.25) is 9.59 Å². The van der Waals surface area contributed by atoms with Crippen molar-refractivity contribution in [3.05, 3.63) is 45.3 Å². The second kappa shape index (κ2) is 10.2. The van der Waals surface area contributed by atoms with Gasteiger partial charge in [-0.15, -0.1) is 0 Å². The molecule has 2 aromatic carbocycles. The van der Waals surface area contributed by atoms with E-state index in [0.29, 0.717) is 21.6 Å². The second-order valence-corrected chi connectivity index (χ2v) is 10.9. The van der Waals surface area contributed by atoms with Crippen LogP contribution in [0.3, 0.4) is 0 Å². The number of amides is 2. The molecule has 0 atom stereocenters. The SMILES string of the molecule is C.CC(C)(Br)C(=O)Nc1cccc(Br)c1O.CC1(C)Oc2c(Br)cccc2NC1=O. The van der Waals surface area contributed by atoms with E-state index >= 15 is 0 Å². The fourth-order valence-electron chi connectivity index (χ4n) is 2.17. The molecule has 0 fully saturated rings. The van der Waals surface area contributed by atoms with E-state index < -0.39 is 9.93 Å². The summed E-state index contributed by atoms with van der Waals surface area (Å²) >= 11 is 9.79. The molecule has 0 spiro atoms. The smallest absolute Gasteiger partial charge is 0.268 e. The molecule has 0 saturated carbocycles. The molecule has 6 nitrogen and oxygen atoms in total. The molecule has 164 valence electrons. The molecule has 3 N–H and O–H groups in total. The Kier molecular flexibility index (Phi) is 8.95. The zero-order valence-corrected chi connectivity index (χ0v) is 21.0. The third-order valence-electron chi connectivity index (χ3n) is 3.89. The van der Waals surface area contributed by atoms with Crippen LogP contribution in [0.15, 0.2) is 45.3 Å². The first-order valence-corrected chi connectivity index (χ1v) is 11.0. The third kappa shape index (κ3) is 6.46. The van der Waals surface area contributed by atoms with Crippen LogP contribution in [0.5, 0.6) is 11.5 Å². The Labute approximate surface area is 202 Å². The first-order valence-electron chi connectivity index (χ1n) is 8.60. The number of carbonyl (C=O) groups excluding carboxylic acids is 2. The lowest BCUT2D eigenvalue weighted by Crippen LogP contribution is -2.45. The predicted molar refractivity (Wildman–Crippen MR) is 132 cm³/mol. The van der Waals surface area contributed by atoms with Crippen molar-refractivity contribution in [2.75, 3.05) is 10.6 Å². The van der Waals surface area contributed by atoms with Crippen molar-refractivity contribution in [2.45, 2.75) is 45.0 Å². The number of hydrogen-bond donors (Lipinski definition) is 3. The molecular weight excluding hydrogens is 584 g/mol. The number of carbonyl (C=O) groups is 2. The molecule has 9 heteroatoms. The van der Waals surface area contributed by atoms with Gasteiger partial charge in [0.2, 0.25) is 5.91 Å². The van der Waals surface area contributed by atoms with Crippen molar-refractivity contribution < 1.29 is 19.4 Å². The van der Waals surface area contributed by atoms with Crippen molar-refractivity contribution >= 4 is 71.0 Å². The summed E-state index contributed by atoms with van der Waals surface area (Å²) in [6, 6.07) is 10.6. The van der Waals surface area contributed by atoms with Crippen molar-refractivity contribution in [3.8, 4) is 11.5 Å². The first kappa shape index (κ1) is 26.5. The quantitative estimate of drug-likeness (QED) is 0.270. The van der Waals surface area contributed by atoms with Crippen molar-refractivity contribution in [3.63, 3.8) is 0 Å². The van der Waals surface area contributed by atoms with Gasteiger partial charge in [0, 0.05) is 0 Å². The fourth-order valence-corrected chi connectivity index (χ4v) is 3.08. The van der Waals surface area contributed by atoms with Crippen LogP contribution in [-0.4, -0.2) is 26.8 Å². The van der Waals surface area contributed by atoms with Gasteiger partial charge in [0.05, 0.1) is 24.6 Å². The van der Waals surface area contributed by atoms with Gasteiger partial charge < -0.3 is 20.5 Å². The normalized spacial score (nSPS) is 14.0. The maximum atomic E-state index is 11.6. The molecule has 0 aliphatic carbocycles. The Morgan fingerprint density at radius 1 is 1.13 bits per heavy atom. The standard InChI is InChI=1S/C10H11Br2NO2.C10H10BrNO2.CH4/c1-10(2,12)9(15)13-7-5-3-4-6(11)8(7)14;1-10(2)9(13)12-7-5-3-4-6(11)8(7)14-10;/h3-5,14H,1-2H3,(H,13,15);3-5H,1-2H3,(H,12,13);1H4. The Morgan fingerprint density at radius 3 is 2.30 bits per heavy atom. The zero-order chi connectivity index (χ0) is 22.0. The minimum absolute atomic E-state index is 0. The highest BCUT2D eigenvalue weighted by atomic mass is 79.9. The van der Waals surface area contributed by atoms with E-state index in [9.17, 15) is 14.7 Å². The monoisotopic (exact) mass is 606 g/mol. The van der Waals surface area contributed by atoms with Gasteiger partial charge in [-0.05, 0) is 83.8 Å². The van der Waals surface area contributed by atoms with Crippen LogP contribution in [0.25, 0.3) is 0 Å². The lowest BCUT2D eigenvalue weighted by atomic mass is 10.1. The lowest BCUT2D eigenvalue weighted by molar-refractivity contribution is -0.129. The molecule has 0 aromatic heterocycles. The van der Waals surface area contributed by atoms with Gasteiger partial charge in [0.1, 0.15) is 0 Å². The number of para-hydroxylation sites is 2. The van der Waals surface area contributed by atoms with E-state index in [-0.39, 0.29) is 25.0 Å². The maximum absolute atomic E-state index is 11.6. The van der Waals surface area contributed by atoms with E-state index in [1.165, 1.54) is 0 Å². The number of ether oxygens (including phenoxy) is 1. The van der Waals surface area contributed by atoms with Crippen molar-refractivity contribution in [1.82, 2.24) is 0 Å². The van der Waals surface area contributed by atoms with Gasteiger partial charge in [-0.25, -0.2) is 0 Å². The topological polar surface area (TPSA) is 87.7 Å². The minimum atomic E-state index is -0.809. The second-order valence-electron chi connectivity index (χ2n) is 7.25. The van der Waals surface area contributed by atoms with Crippen LogP contribution >= 0.6 is 47.8 Å². The van der Waals surface area contributed by atoms with E-state index in [1.807, 2.05) is 18.2 Å². The minimum Gasteiger partial charge on any atom is -0.505 e. The molecule has 1 aliphatic heterocycles. The van der Waals surface area contributed by atoms with Gasteiger partial charge >= 0.3 is 0 Å². The summed E-state index contributed by atoms with van der Waals surface area (Å²) in [6.45, 7) is 6.95. The zero-order valence-electron chi connectivity index (χ0n) is 16.3. The van der Waals surface area contributed by atoms with Gasteiger partial charge in [-0.1, -0.05) is 35.5 Å². The Hall–Kier alpha value is -1.58. The summed E-state index contributed by atoms with van der Waals surface area (Å²) in [6.07, 6.45) is 0. The van der Waals surface area contributed by atoms with Crippen LogP contribution in [0.1, 0.15) is 35.1 Å². The molecule has 30 heavy (non-hydrogen) atoms. The number of nitrogens with one attached hydrogen (secondary N) is 2. The van der Waals surface area contributed by atoms with Crippen LogP contribution in [-0.2, 0) is 9.59 Å². The summed E-state index contributed by atoms with van der Waals surface area (Å²) in [4.78, 5) is 23.2. The van der Waals surface area contributed by atoms with Crippen molar-refractivity contribution in [2.24, 2.45) is 0 Å². The number of hydrogen-bond acceptors (Lipinski definition) is 4. The number of rotatable bonds is 2. The molecule has 1 aliphatic rings. The Morgan fingerprint density at radius 2 is 1.70 bits per heavy atom. The molecule has 3 rings (SSSR count). The highest BCUT2D eigenvalue weighted by Crippen LogP contribution is 2.39.